The predicted octanol–water partition coefficient (Wildman–Crippen LogP) is 2.89. The lowest BCUT2D eigenvalue weighted by atomic mass is 9.96. The zero-order valence-corrected chi connectivity index (χ0v) is 12.8. The molecule has 1 saturated carbocycles. The fourth-order valence-corrected chi connectivity index (χ4v) is 2.72. The van der Waals surface area contributed by atoms with E-state index in [1.807, 2.05) is 12.3 Å². The maximum atomic E-state index is 11.9. The molecule has 0 spiro atoms. The van der Waals surface area contributed by atoms with Crippen LogP contribution in [0.3, 0.4) is 0 Å². The third-order valence-corrected chi connectivity index (χ3v) is 4.25. The van der Waals surface area contributed by atoms with Crippen LogP contribution in [-0.4, -0.2) is 28.2 Å². The normalized spacial score (nSPS) is 18.1. The summed E-state index contributed by atoms with van der Waals surface area (Å²) in [6.45, 7) is 4.67. The van der Waals surface area contributed by atoms with E-state index in [1.165, 1.54) is 32.1 Å². The Morgan fingerprint density at radius 2 is 2.20 bits per heavy atom. The van der Waals surface area contributed by atoms with Crippen molar-refractivity contribution in [3.05, 3.63) is 18.0 Å². The second kappa shape index (κ2) is 7.58. The largest absolute Gasteiger partial charge is 0.307 e. The molecule has 1 aliphatic carbocycles. The number of aromatic nitrogens is 2. The third kappa shape index (κ3) is 4.44. The molecule has 4 heteroatoms. The van der Waals surface area contributed by atoms with E-state index >= 15 is 0 Å². The number of nitrogens with one attached hydrogen (secondary N) is 1. The van der Waals surface area contributed by atoms with E-state index in [4.69, 9.17) is 0 Å². The molecule has 2 rings (SSSR count). The van der Waals surface area contributed by atoms with Crippen molar-refractivity contribution in [1.29, 1.82) is 0 Å². The van der Waals surface area contributed by atoms with E-state index in [2.05, 4.69) is 28.9 Å². The molecule has 20 heavy (non-hydrogen) atoms. The van der Waals surface area contributed by atoms with Gasteiger partial charge in [-0.05, 0) is 32.3 Å². The Hall–Kier alpha value is -1.16. The number of hydrogen-bond donors (Lipinski definition) is 1. The summed E-state index contributed by atoms with van der Waals surface area (Å²) < 4.78 is 2.07. The van der Waals surface area contributed by atoms with Gasteiger partial charge in [-0.25, -0.2) is 0 Å². The first kappa shape index (κ1) is 15.2. The molecule has 1 aromatic rings. The molecular formula is C16H27N3O. The van der Waals surface area contributed by atoms with Gasteiger partial charge in [0.25, 0.3) is 0 Å². The van der Waals surface area contributed by atoms with E-state index in [-0.39, 0.29) is 5.78 Å². The molecule has 112 valence electrons. The van der Waals surface area contributed by atoms with Gasteiger partial charge in [0.15, 0.2) is 5.78 Å². The summed E-state index contributed by atoms with van der Waals surface area (Å²) in [5, 5.41) is 7.83. The van der Waals surface area contributed by atoms with Crippen molar-refractivity contribution in [3.63, 3.8) is 0 Å². The second-order valence-electron chi connectivity index (χ2n) is 5.98. The monoisotopic (exact) mass is 277 g/mol. The topological polar surface area (TPSA) is 46.9 Å². The van der Waals surface area contributed by atoms with Gasteiger partial charge in [0.2, 0.25) is 0 Å². The molecule has 1 fully saturated rings. The van der Waals surface area contributed by atoms with Crippen LogP contribution < -0.4 is 5.32 Å². The van der Waals surface area contributed by atoms with Crippen molar-refractivity contribution < 1.29 is 4.79 Å². The molecule has 0 amide bonds. The number of rotatable bonds is 7. The summed E-state index contributed by atoms with van der Waals surface area (Å²) in [5.41, 5.74) is 0.909. The highest BCUT2D eigenvalue weighted by atomic mass is 16.1. The number of carbonyl (C=O) groups excluding carboxylic acids is 1. The van der Waals surface area contributed by atoms with E-state index in [0.717, 1.165) is 12.1 Å². The molecule has 1 atom stereocenters. The zero-order valence-electron chi connectivity index (χ0n) is 12.8. The van der Waals surface area contributed by atoms with Gasteiger partial charge in [-0.15, -0.1) is 0 Å². The molecule has 1 aromatic heterocycles. The molecule has 0 bridgehead atoms. The summed E-state index contributed by atoms with van der Waals surface area (Å²) in [5.74, 6) is 0.221. The van der Waals surface area contributed by atoms with Gasteiger partial charge in [0.05, 0.1) is 24.7 Å². The van der Waals surface area contributed by atoms with E-state index in [1.54, 1.807) is 0 Å². The van der Waals surface area contributed by atoms with Crippen LogP contribution in [0.5, 0.6) is 0 Å². The minimum absolute atomic E-state index is 0.221. The smallest absolute Gasteiger partial charge is 0.152 e. The lowest BCUT2D eigenvalue weighted by Gasteiger charge is -2.21. The van der Waals surface area contributed by atoms with Crippen molar-refractivity contribution in [3.8, 4) is 0 Å². The first-order chi connectivity index (χ1) is 9.69. The quantitative estimate of drug-likeness (QED) is 0.833. The Morgan fingerprint density at radius 1 is 1.45 bits per heavy atom. The SMILES string of the molecule is CCC(C)NCC(=O)Cc1ccn(C2CCCCC2)n1. The summed E-state index contributed by atoms with van der Waals surface area (Å²) in [4.78, 5) is 11.9. The molecule has 1 aliphatic rings. The maximum absolute atomic E-state index is 11.9. The van der Waals surface area contributed by atoms with E-state index < -0.39 is 0 Å². The summed E-state index contributed by atoms with van der Waals surface area (Å²) >= 11 is 0. The lowest BCUT2D eigenvalue weighted by Crippen LogP contribution is -2.31. The molecule has 0 aliphatic heterocycles. The van der Waals surface area contributed by atoms with Gasteiger partial charge >= 0.3 is 0 Å². The van der Waals surface area contributed by atoms with Gasteiger partial charge in [0, 0.05) is 12.2 Å². The van der Waals surface area contributed by atoms with Crippen LogP contribution in [0, 0.1) is 0 Å². The molecule has 0 radical (unpaired) electrons. The van der Waals surface area contributed by atoms with Crippen LogP contribution in [0.2, 0.25) is 0 Å². The number of ketones is 1. The maximum Gasteiger partial charge on any atom is 0.152 e. The molecule has 0 aromatic carbocycles. The van der Waals surface area contributed by atoms with E-state index in [9.17, 15) is 4.79 Å². The summed E-state index contributed by atoms with van der Waals surface area (Å²) in [7, 11) is 0. The van der Waals surface area contributed by atoms with Crippen molar-refractivity contribution >= 4 is 5.78 Å². The fourth-order valence-electron chi connectivity index (χ4n) is 2.72. The van der Waals surface area contributed by atoms with Gasteiger partial charge in [-0.1, -0.05) is 26.2 Å². The Bertz CT molecular complexity index is 421. The lowest BCUT2D eigenvalue weighted by molar-refractivity contribution is -0.117. The van der Waals surface area contributed by atoms with Crippen LogP contribution in [0.25, 0.3) is 0 Å². The van der Waals surface area contributed by atoms with Crippen molar-refractivity contribution in [1.82, 2.24) is 15.1 Å². The van der Waals surface area contributed by atoms with Gasteiger partial charge < -0.3 is 5.32 Å². The number of Topliss-reactive ketones (excluding diaryl/α,β-unsaturated/α-hetero) is 1. The third-order valence-electron chi connectivity index (χ3n) is 4.25. The average molecular weight is 277 g/mol. The van der Waals surface area contributed by atoms with Crippen LogP contribution in [0.4, 0.5) is 0 Å². The Morgan fingerprint density at radius 3 is 2.90 bits per heavy atom. The highest BCUT2D eigenvalue weighted by Crippen LogP contribution is 2.27. The summed E-state index contributed by atoms with van der Waals surface area (Å²) in [6, 6.07) is 2.94. The van der Waals surface area contributed by atoms with Crippen LogP contribution >= 0.6 is 0 Å². The van der Waals surface area contributed by atoms with Crippen LogP contribution in [0.1, 0.15) is 64.1 Å². The standard InChI is InChI=1S/C16H27N3O/c1-3-13(2)17-12-16(20)11-14-9-10-19(18-14)15-7-5-4-6-8-15/h9-10,13,15,17H,3-8,11-12H2,1-2H3. The molecule has 0 saturated heterocycles. The molecular weight excluding hydrogens is 250 g/mol. The van der Waals surface area contributed by atoms with Crippen molar-refractivity contribution in [2.24, 2.45) is 0 Å². The van der Waals surface area contributed by atoms with E-state index in [0.29, 0.717) is 25.0 Å². The first-order valence-electron chi connectivity index (χ1n) is 7.98. The first-order valence-corrected chi connectivity index (χ1v) is 7.98. The van der Waals surface area contributed by atoms with Crippen molar-refractivity contribution in [2.75, 3.05) is 6.54 Å². The van der Waals surface area contributed by atoms with Crippen LogP contribution in [0.15, 0.2) is 12.3 Å². The summed E-state index contributed by atoms with van der Waals surface area (Å²) in [6.07, 6.45) is 9.95. The minimum Gasteiger partial charge on any atom is -0.307 e. The molecule has 4 nitrogen and oxygen atoms in total. The molecule has 1 heterocycles. The Labute approximate surface area is 121 Å². The van der Waals surface area contributed by atoms with Gasteiger partial charge in [0.1, 0.15) is 0 Å². The average Bonchev–Trinajstić information content (AvgIpc) is 2.94. The van der Waals surface area contributed by atoms with Crippen molar-refractivity contribution in [2.45, 2.75) is 70.9 Å². The molecule has 1 N–H and O–H groups in total. The van der Waals surface area contributed by atoms with Crippen LogP contribution in [-0.2, 0) is 11.2 Å². The highest BCUT2D eigenvalue weighted by molar-refractivity contribution is 5.82. The zero-order chi connectivity index (χ0) is 14.4. The number of carbonyl (C=O) groups is 1. The Kier molecular flexibility index (Phi) is 5.77. The molecule has 1 unspecified atom stereocenters. The van der Waals surface area contributed by atoms with Gasteiger partial charge in [-0.3, -0.25) is 9.48 Å². The van der Waals surface area contributed by atoms with Gasteiger partial charge in [-0.2, -0.15) is 5.10 Å². The number of nitrogens with zero attached hydrogens (tertiary/aromatic N) is 2. The second-order valence-corrected chi connectivity index (χ2v) is 5.98. The Balaban J connectivity index is 1.81. The predicted molar refractivity (Wildman–Crippen MR) is 80.8 cm³/mol. The number of hydrogen-bond acceptors (Lipinski definition) is 3. The highest BCUT2D eigenvalue weighted by Gasteiger charge is 2.16. The minimum atomic E-state index is 0.221. The fraction of sp³-hybridized carbons (Fsp3) is 0.750.